The predicted molar refractivity (Wildman–Crippen MR) is 144 cm³/mol. The summed E-state index contributed by atoms with van der Waals surface area (Å²) in [6.45, 7) is 2.19. The summed E-state index contributed by atoms with van der Waals surface area (Å²) in [4.78, 5) is 39.9. The van der Waals surface area contributed by atoms with E-state index in [0.717, 1.165) is 5.57 Å². The Hall–Kier alpha value is -3.91. The fourth-order valence-electron chi connectivity index (χ4n) is 5.32. The number of carbonyl (C=O) groups is 3. The Balaban J connectivity index is 1.48. The summed E-state index contributed by atoms with van der Waals surface area (Å²) in [6.07, 6.45) is 11.8. The van der Waals surface area contributed by atoms with Gasteiger partial charge < -0.3 is 14.9 Å². The van der Waals surface area contributed by atoms with Crippen molar-refractivity contribution in [2.45, 2.75) is 26.2 Å². The van der Waals surface area contributed by atoms with Crippen LogP contribution in [0.2, 0.25) is 0 Å². The number of nitrogens with zero attached hydrogens (tertiary/aromatic N) is 1. The first kappa shape index (κ1) is 27.1. The van der Waals surface area contributed by atoms with Gasteiger partial charge in [0, 0.05) is 17.1 Å². The molecule has 198 valence electrons. The lowest BCUT2D eigenvalue weighted by molar-refractivity contribution is -0.152. The van der Waals surface area contributed by atoms with Crippen LogP contribution in [0.5, 0.6) is 0 Å². The minimum atomic E-state index is -1.16. The number of hydrogen-bond acceptors (Lipinski definition) is 5. The largest absolute Gasteiger partial charge is 0.481 e. The number of halogens is 1. The van der Waals surface area contributed by atoms with E-state index in [0.29, 0.717) is 35.5 Å². The molecule has 38 heavy (non-hydrogen) atoms. The number of benzene rings is 1. The van der Waals surface area contributed by atoms with E-state index in [1.807, 2.05) is 19.1 Å². The van der Waals surface area contributed by atoms with Gasteiger partial charge in [0.1, 0.15) is 0 Å². The molecule has 1 heterocycles. The monoisotopic (exact) mass is 536 g/mol. The van der Waals surface area contributed by atoms with Gasteiger partial charge in [0.25, 0.3) is 0 Å². The lowest BCUT2D eigenvalue weighted by Gasteiger charge is -2.46. The molecule has 2 aliphatic carbocycles. The van der Waals surface area contributed by atoms with Crippen LogP contribution in [0, 0.1) is 23.2 Å². The van der Waals surface area contributed by atoms with Crippen LogP contribution in [0.1, 0.15) is 42.1 Å². The van der Waals surface area contributed by atoms with Crippen molar-refractivity contribution in [2.75, 3.05) is 11.9 Å². The number of aliphatic carboxylic acids is 1. The summed E-state index contributed by atoms with van der Waals surface area (Å²) >= 11 is 6.61. The van der Waals surface area contributed by atoms with Crippen LogP contribution in [0.4, 0.5) is 10.5 Å². The zero-order chi connectivity index (χ0) is 27.3. The number of allylic oxidation sites excluding steroid dienone is 4. The second-order valence-corrected chi connectivity index (χ2v) is 10.1. The molecule has 4 atom stereocenters. The molecule has 0 saturated carbocycles. The molecule has 0 bridgehead atoms. The van der Waals surface area contributed by atoms with Gasteiger partial charge >= 0.3 is 18.0 Å². The molecule has 1 aromatic carbocycles. The van der Waals surface area contributed by atoms with Crippen molar-refractivity contribution in [3.8, 4) is 0 Å². The summed E-state index contributed by atoms with van der Waals surface area (Å²) in [5, 5.41) is 22.6. The van der Waals surface area contributed by atoms with E-state index >= 15 is 0 Å². The van der Waals surface area contributed by atoms with Crippen LogP contribution in [0.25, 0.3) is 5.03 Å². The average molecular weight is 537 g/mol. The number of amides is 1. The minimum Gasteiger partial charge on any atom is -0.481 e. The predicted octanol–water partition coefficient (Wildman–Crippen LogP) is 6.23. The normalized spacial score (nSPS) is 24.6. The van der Waals surface area contributed by atoms with Crippen LogP contribution in [0.3, 0.4) is 0 Å². The van der Waals surface area contributed by atoms with Crippen LogP contribution < -0.4 is 5.32 Å². The molecule has 0 saturated heterocycles. The number of fused-ring (bicyclic) bond motifs is 1. The second kappa shape index (κ2) is 11.6. The third-order valence-corrected chi connectivity index (χ3v) is 7.57. The molecule has 1 aromatic heterocycles. The number of hydrogen-bond donors (Lipinski definition) is 3. The lowest BCUT2D eigenvalue weighted by atomic mass is 9.56. The molecule has 4 rings (SSSR count). The summed E-state index contributed by atoms with van der Waals surface area (Å²) in [6, 6.07) is 9.59. The van der Waals surface area contributed by atoms with E-state index in [2.05, 4.69) is 10.3 Å². The van der Waals surface area contributed by atoms with Gasteiger partial charge in [0.05, 0.1) is 29.5 Å². The van der Waals surface area contributed by atoms with Gasteiger partial charge in [-0.25, -0.2) is 9.59 Å². The molecule has 2 aliphatic rings. The van der Waals surface area contributed by atoms with Crippen molar-refractivity contribution in [3.63, 3.8) is 0 Å². The Kier molecular flexibility index (Phi) is 8.32. The molecule has 0 spiro atoms. The van der Waals surface area contributed by atoms with Crippen LogP contribution in [-0.2, 0) is 9.53 Å². The molecule has 3 N–H and O–H groups in total. The number of aromatic carboxylic acids is 1. The van der Waals surface area contributed by atoms with Crippen molar-refractivity contribution in [1.29, 1.82) is 0 Å². The highest BCUT2D eigenvalue weighted by Gasteiger charge is 2.52. The first-order valence-corrected chi connectivity index (χ1v) is 12.7. The van der Waals surface area contributed by atoms with Gasteiger partial charge in [-0.2, -0.15) is 0 Å². The molecule has 9 heteroatoms. The fourth-order valence-corrected chi connectivity index (χ4v) is 5.58. The highest BCUT2D eigenvalue weighted by Crippen LogP contribution is 2.53. The molecule has 0 aliphatic heterocycles. The van der Waals surface area contributed by atoms with Gasteiger partial charge in [0.2, 0.25) is 0 Å². The number of anilines is 1. The number of carboxylic acid groups (broad SMARTS) is 2. The average Bonchev–Trinajstić information content (AvgIpc) is 2.89. The van der Waals surface area contributed by atoms with Crippen molar-refractivity contribution >= 4 is 40.4 Å². The molecule has 0 unspecified atom stereocenters. The molecule has 0 fully saturated rings. The van der Waals surface area contributed by atoms with E-state index in [1.165, 1.54) is 18.3 Å². The van der Waals surface area contributed by atoms with Crippen molar-refractivity contribution < 1.29 is 29.3 Å². The van der Waals surface area contributed by atoms with Gasteiger partial charge in [-0.1, -0.05) is 53.6 Å². The Bertz CT molecular complexity index is 1290. The molecule has 2 aromatic rings. The number of pyridine rings is 1. The number of carboxylic acids is 2. The highest BCUT2D eigenvalue weighted by atomic mass is 35.5. The Morgan fingerprint density at radius 3 is 2.58 bits per heavy atom. The van der Waals surface area contributed by atoms with Crippen LogP contribution in [0.15, 0.2) is 78.7 Å². The third-order valence-electron chi connectivity index (χ3n) is 7.22. The highest BCUT2D eigenvalue weighted by molar-refractivity contribution is 6.48. The number of nitrogens with one attached hydrogen (secondary N) is 1. The quantitative estimate of drug-likeness (QED) is 0.341. The maximum absolute atomic E-state index is 12.7. The van der Waals surface area contributed by atoms with Crippen molar-refractivity contribution in [2.24, 2.45) is 23.2 Å². The first-order valence-electron chi connectivity index (χ1n) is 12.3. The number of rotatable bonds is 8. The Morgan fingerprint density at radius 1 is 1.18 bits per heavy atom. The summed E-state index contributed by atoms with van der Waals surface area (Å²) in [5.74, 6) is -2.53. The zero-order valence-corrected chi connectivity index (χ0v) is 21.6. The van der Waals surface area contributed by atoms with E-state index in [-0.39, 0.29) is 24.0 Å². The van der Waals surface area contributed by atoms with Crippen LogP contribution in [-0.4, -0.2) is 39.8 Å². The SMILES string of the molecule is CC1=C[C@@H](/C=C(\Cl)c2ccc(C(=O)O)cc2)[C@]2(C(=O)O)C=C[C@@H](CCOC(=O)Nc3cccnc3)C[C@@H]2C1. The van der Waals surface area contributed by atoms with E-state index in [1.54, 1.807) is 42.6 Å². The summed E-state index contributed by atoms with van der Waals surface area (Å²) < 4.78 is 5.32. The second-order valence-electron chi connectivity index (χ2n) is 9.72. The maximum atomic E-state index is 12.7. The van der Waals surface area contributed by atoms with Gasteiger partial charge in [0.15, 0.2) is 0 Å². The smallest absolute Gasteiger partial charge is 0.411 e. The van der Waals surface area contributed by atoms with E-state index in [4.69, 9.17) is 21.4 Å². The van der Waals surface area contributed by atoms with E-state index in [9.17, 15) is 19.5 Å². The molecule has 1 amide bonds. The lowest BCUT2D eigenvalue weighted by Crippen LogP contribution is -2.47. The Morgan fingerprint density at radius 2 is 1.92 bits per heavy atom. The Labute approximate surface area is 225 Å². The third kappa shape index (κ3) is 5.97. The minimum absolute atomic E-state index is 0.0632. The maximum Gasteiger partial charge on any atom is 0.411 e. The molecule has 8 nitrogen and oxygen atoms in total. The first-order chi connectivity index (χ1) is 18.2. The number of carbonyl (C=O) groups excluding carboxylic acids is 1. The summed E-state index contributed by atoms with van der Waals surface area (Å²) in [5.41, 5.74) is 1.23. The van der Waals surface area contributed by atoms with Crippen molar-refractivity contribution in [1.82, 2.24) is 4.98 Å². The molecular formula is C29H29ClN2O6. The number of ether oxygens (including phenoxy) is 1. The van der Waals surface area contributed by atoms with Crippen molar-refractivity contribution in [3.05, 3.63) is 89.8 Å². The fraction of sp³-hybridized carbons (Fsp3) is 0.310. The molecule has 0 radical (unpaired) electrons. The van der Waals surface area contributed by atoms with Gasteiger partial charge in [-0.05, 0) is 67.9 Å². The number of aromatic nitrogens is 1. The van der Waals surface area contributed by atoms with E-state index < -0.39 is 29.4 Å². The topological polar surface area (TPSA) is 126 Å². The molecular weight excluding hydrogens is 508 g/mol. The standard InChI is InChI=1S/C29H29ClN2O6/c1-18-13-22-15-19(9-12-38-28(37)32-24-3-2-11-31-17-24)8-10-29(22,27(35)36)23(14-18)16-25(30)20-4-6-21(7-5-20)26(33)34/h2-8,10-11,14,16-17,19,22-23H,9,12-13,15H2,1H3,(H,32,37)(H,33,34)(H,35,36)/b25-16-/t19-,22-,23-,29-/m0/s1. The van der Waals surface area contributed by atoms with Gasteiger partial charge in [-0.15, -0.1) is 0 Å². The van der Waals surface area contributed by atoms with Crippen LogP contribution >= 0.6 is 11.6 Å². The van der Waals surface area contributed by atoms with Gasteiger partial charge in [-0.3, -0.25) is 15.1 Å². The zero-order valence-electron chi connectivity index (χ0n) is 20.8. The summed E-state index contributed by atoms with van der Waals surface area (Å²) in [7, 11) is 0.